The predicted molar refractivity (Wildman–Crippen MR) is 61.8 cm³/mol. The van der Waals surface area contributed by atoms with Gasteiger partial charge in [0.15, 0.2) is 0 Å². The molecule has 0 aromatic heterocycles. The van der Waals surface area contributed by atoms with Crippen molar-refractivity contribution in [3.05, 3.63) is 11.8 Å². The van der Waals surface area contributed by atoms with Crippen molar-refractivity contribution in [1.29, 1.82) is 0 Å². The summed E-state index contributed by atoms with van der Waals surface area (Å²) in [5.74, 6) is -0.767. The summed E-state index contributed by atoms with van der Waals surface area (Å²) in [5.41, 5.74) is -0.584. The zero-order valence-corrected chi connectivity index (χ0v) is 10.7. The average Bonchev–Trinajstić information content (AvgIpc) is 2.12. The minimum Gasteiger partial charge on any atom is -0.455 e. The fourth-order valence-corrected chi connectivity index (χ4v) is 2.62. The molecule has 2 rings (SSSR count). The lowest BCUT2D eigenvalue weighted by Crippen LogP contribution is -2.54. The number of carbonyl (C=O) groups is 3. The van der Waals surface area contributed by atoms with Gasteiger partial charge in [0.05, 0.1) is 11.8 Å². The number of thioether (sulfide) groups is 1. The van der Waals surface area contributed by atoms with Crippen LogP contribution in [0.3, 0.4) is 0 Å². The second-order valence-electron chi connectivity index (χ2n) is 4.89. The number of hydrogen-bond acceptors (Lipinski definition) is 5. The Kier molecular flexibility index (Phi) is 2.77. The van der Waals surface area contributed by atoms with Gasteiger partial charge in [0.1, 0.15) is 11.3 Å². The average molecular weight is 255 g/mol. The van der Waals surface area contributed by atoms with Crippen LogP contribution in [0.15, 0.2) is 11.8 Å². The number of esters is 1. The highest BCUT2D eigenvalue weighted by molar-refractivity contribution is 8.14. The fraction of sp³-hybridized carbons (Fsp3) is 0.545. The molecule has 2 aliphatic heterocycles. The number of β-lactam (4-membered cyclic amide) rings is 1. The van der Waals surface area contributed by atoms with E-state index in [0.717, 1.165) is 11.8 Å². The molecule has 17 heavy (non-hydrogen) atoms. The highest BCUT2D eigenvalue weighted by Crippen LogP contribution is 2.38. The predicted octanol–water partition coefficient (Wildman–Crippen LogP) is 1.04. The first-order valence-corrected chi connectivity index (χ1v) is 6.13. The molecule has 0 bridgehead atoms. The summed E-state index contributed by atoms with van der Waals surface area (Å²) in [4.78, 5) is 36.0. The van der Waals surface area contributed by atoms with E-state index in [0.29, 0.717) is 6.42 Å². The van der Waals surface area contributed by atoms with Crippen LogP contribution in [0.2, 0.25) is 0 Å². The molecule has 1 unspecified atom stereocenters. The van der Waals surface area contributed by atoms with Crippen LogP contribution in [0.25, 0.3) is 0 Å². The van der Waals surface area contributed by atoms with E-state index in [4.69, 9.17) is 4.74 Å². The molecule has 92 valence electrons. The van der Waals surface area contributed by atoms with Gasteiger partial charge in [-0.2, -0.15) is 0 Å². The summed E-state index contributed by atoms with van der Waals surface area (Å²) >= 11 is 1.06. The van der Waals surface area contributed by atoms with Crippen molar-refractivity contribution < 1.29 is 19.1 Å². The number of fused-ring (bicyclic) bond motifs is 1. The van der Waals surface area contributed by atoms with Crippen LogP contribution < -0.4 is 0 Å². The summed E-state index contributed by atoms with van der Waals surface area (Å²) in [7, 11) is 0. The first-order chi connectivity index (χ1) is 7.78. The highest BCUT2D eigenvalue weighted by Gasteiger charge is 2.46. The molecule has 1 amide bonds. The van der Waals surface area contributed by atoms with Gasteiger partial charge in [-0.25, -0.2) is 4.79 Å². The number of hydrogen-bond donors (Lipinski definition) is 0. The SMILES string of the molecule is CC(C)(C)OC(=O)C1=CC(=O)SC2CC(=O)N12. The Labute approximate surface area is 103 Å². The summed E-state index contributed by atoms with van der Waals surface area (Å²) in [6, 6.07) is 0. The van der Waals surface area contributed by atoms with Crippen molar-refractivity contribution >= 4 is 28.8 Å². The van der Waals surface area contributed by atoms with Gasteiger partial charge in [0.2, 0.25) is 11.0 Å². The molecule has 5 nitrogen and oxygen atoms in total. The van der Waals surface area contributed by atoms with Crippen LogP contribution in [0.1, 0.15) is 27.2 Å². The van der Waals surface area contributed by atoms with Gasteiger partial charge >= 0.3 is 5.97 Å². The van der Waals surface area contributed by atoms with Crippen LogP contribution in [0.5, 0.6) is 0 Å². The largest absolute Gasteiger partial charge is 0.455 e. The molecule has 1 fully saturated rings. The van der Waals surface area contributed by atoms with Crippen molar-refractivity contribution in [3.63, 3.8) is 0 Å². The molecule has 0 radical (unpaired) electrons. The molecule has 0 spiro atoms. The number of nitrogens with zero attached hydrogens (tertiary/aromatic N) is 1. The highest BCUT2D eigenvalue weighted by atomic mass is 32.2. The first-order valence-electron chi connectivity index (χ1n) is 5.26. The van der Waals surface area contributed by atoms with E-state index in [2.05, 4.69) is 0 Å². The Bertz CT molecular complexity index is 435. The topological polar surface area (TPSA) is 63.7 Å². The molecular weight excluding hydrogens is 242 g/mol. The van der Waals surface area contributed by atoms with E-state index in [1.165, 1.54) is 11.0 Å². The Balaban J connectivity index is 2.21. The van der Waals surface area contributed by atoms with Gasteiger partial charge < -0.3 is 4.74 Å². The van der Waals surface area contributed by atoms with Crippen molar-refractivity contribution in [2.24, 2.45) is 0 Å². The van der Waals surface area contributed by atoms with E-state index < -0.39 is 11.6 Å². The minimum atomic E-state index is -0.644. The third-order valence-electron chi connectivity index (χ3n) is 2.28. The van der Waals surface area contributed by atoms with E-state index >= 15 is 0 Å². The monoisotopic (exact) mass is 255 g/mol. The Morgan fingerprint density at radius 1 is 1.47 bits per heavy atom. The van der Waals surface area contributed by atoms with E-state index in [-0.39, 0.29) is 22.1 Å². The molecule has 2 heterocycles. The van der Waals surface area contributed by atoms with E-state index in [1.807, 2.05) is 0 Å². The lowest BCUT2D eigenvalue weighted by molar-refractivity contribution is -0.157. The van der Waals surface area contributed by atoms with Gasteiger partial charge in [-0.3, -0.25) is 14.5 Å². The standard InChI is InChI=1S/C11H13NO4S/c1-11(2,3)16-10(15)6-4-9(14)17-8-5-7(13)12(6)8/h4,8H,5H2,1-3H3. The molecule has 0 aromatic rings. The van der Waals surface area contributed by atoms with Gasteiger partial charge in [-0.15, -0.1) is 0 Å². The lowest BCUT2D eigenvalue weighted by Gasteiger charge is -2.42. The van der Waals surface area contributed by atoms with Gasteiger partial charge in [0, 0.05) is 6.08 Å². The van der Waals surface area contributed by atoms with Gasteiger partial charge in [-0.1, -0.05) is 11.8 Å². The molecule has 1 atom stereocenters. The maximum atomic E-state index is 11.8. The Morgan fingerprint density at radius 2 is 2.12 bits per heavy atom. The van der Waals surface area contributed by atoms with Crippen molar-refractivity contribution in [2.75, 3.05) is 0 Å². The molecule has 0 saturated carbocycles. The second-order valence-corrected chi connectivity index (χ2v) is 6.07. The van der Waals surface area contributed by atoms with Crippen molar-refractivity contribution in [1.82, 2.24) is 4.90 Å². The second kappa shape index (κ2) is 3.87. The number of amides is 1. The van der Waals surface area contributed by atoms with Crippen LogP contribution >= 0.6 is 11.8 Å². The third-order valence-corrected chi connectivity index (χ3v) is 3.28. The van der Waals surface area contributed by atoms with Crippen LogP contribution in [0, 0.1) is 0 Å². The lowest BCUT2D eigenvalue weighted by atomic mass is 10.1. The summed E-state index contributed by atoms with van der Waals surface area (Å²) in [5, 5.41) is -0.442. The first kappa shape index (κ1) is 12.2. The third kappa shape index (κ3) is 2.36. The van der Waals surface area contributed by atoms with Crippen LogP contribution in [-0.4, -0.2) is 32.9 Å². The summed E-state index contributed by atoms with van der Waals surface area (Å²) < 4.78 is 5.16. The maximum absolute atomic E-state index is 11.8. The smallest absolute Gasteiger partial charge is 0.355 e. The van der Waals surface area contributed by atoms with Gasteiger partial charge in [-0.05, 0) is 20.8 Å². The maximum Gasteiger partial charge on any atom is 0.355 e. The molecule has 0 aromatic carbocycles. The number of rotatable bonds is 1. The summed E-state index contributed by atoms with van der Waals surface area (Å²) in [6.45, 7) is 5.21. The Hall–Kier alpha value is -1.30. The molecule has 2 aliphatic rings. The van der Waals surface area contributed by atoms with E-state index in [9.17, 15) is 14.4 Å². The normalized spacial score (nSPS) is 23.8. The molecular formula is C11H13NO4S. The zero-order valence-electron chi connectivity index (χ0n) is 9.85. The van der Waals surface area contributed by atoms with Crippen LogP contribution in [0.4, 0.5) is 0 Å². The molecule has 6 heteroatoms. The summed E-state index contributed by atoms with van der Waals surface area (Å²) in [6.07, 6.45) is 1.48. The van der Waals surface area contributed by atoms with E-state index in [1.54, 1.807) is 20.8 Å². The van der Waals surface area contributed by atoms with Crippen molar-refractivity contribution in [2.45, 2.75) is 38.2 Å². The quantitative estimate of drug-likeness (QED) is 0.517. The van der Waals surface area contributed by atoms with Gasteiger partial charge in [0.25, 0.3) is 0 Å². The fourth-order valence-electron chi connectivity index (χ4n) is 1.61. The number of carbonyl (C=O) groups excluding carboxylic acids is 3. The Morgan fingerprint density at radius 3 is 2.65 bits per heavy atom. The molecule has 0 aliphatic carbocycles. The van der Waals surface area contributed by atoms with Crippen LogP contribution in [-0.2, 0) is 19.1 Å². The molecule has 1 saturated heterocycles. The molecule has 0 N–H and O–H groups in total. The van der Waals surface area contributed by atoms with Crippen molar-refractivity contribution in [3.8, 4) is 0 Å². The minimum absolute atomic E-state index is 0.0601. The number of ether oxygens (including phenoxy) is 1. The zero-order chi connectivity index (χ0) is 12.8.